The Labute approximate surface area is 145 Å². The molecule has 2 unspecified atom stereocenters. The third-order valence-corrected chi connectivity index (χ3v) is 5.08. The highest BCUT2D eigenvalue weighted by molar-refractivity contribution is 5.32. The second-order valence-corrected chi connectivity index (χ2v) is 6.93. The van der Waals surface area contributed by atoms with Crippen LogP contribution in [-0.2, 0) is 13.1 Å². The molecular formula is C19H29N5. The Kier molecular flexibility index (Phi) is 5.33. The molecule has 3 rings (SSSR count). The van der Waals surface area contributed by atoms with Crippen molar-refractivity contribution in [2.24, 2.45) is 5.92 Å². The summed E-state index contributed by atoms with van der Waals surface area (Å²) < 4.78 is 2.21. The second-order valence-electron chi connectivity index (χ2n) is 6.93. The quantitative estimate of drug-likeness (QED) is 0.855. The first-order valence-corrected chi connectivity index (χ1v) is 8.82. The highest BCUT2D eigenvalue weighted by Crippen LogP contribution is 2.27. The third kappa shape index (κ3) is 3.69. The zero-order valence-electron chi connectivity index (χ0n) is 15.2. The lowest BCUT2D eigenvalue weighted by Crippen LogP contribution is -2.31. The molecule has 2 atom stereocenters. The van der Waals surface area contributed by atoms with Gasteiger partial charge in [0.1, 0.15) is 5.82 Å². The van der Waals surface area contributed by atoms with Gasteiger partial charge < -0.3 is 4.57 Å². The number of rotatable bonds is 6. The molecule has 1 aliphatic rings. The summed E-state index contributed by atoms with van der Waals surface area (Å²) in [6.07, 6.45) is 3.95. The highest BCUT2D eigenvalue weighted by atomic mass is 15.4. The van der Waals surface area contributed by atoms with E-state index in [2.05, 4.69) is 77.5 Å². The number of aromatic nitrogens is 2. The molecule has 1 aliphatic heterocycles. The summed E-state index contributed by atoms with van der Waals surface area (Å²) in [4.78, 5) is 6.87. The fourth-order valence-corrected chi connectivity index (χ4v) is 3.51. The van der Waals surface area contributed by atoms with Crippen LogP contribution in [0.15, 0.2) is 30.6 Å². The molecule has 5 nitrogen and oxygen atoms in total. The van der Waals surface area contributed by atoms with Crippen molar-refractivity contribution in [3.8, 4) is 0 Å². The second kappa shape index (κ2) is 7.47. The molecule has 2 N–H and O–H groups in total. The van der Waals surface area contributed by atoms with Crippen molar-refractivity contribution in [3.63, 3.8) is 0 Å². The van der Waals surface area contributed by atoms with Crippen molar-refractivity contribution in [1.82, 2.24) is 25.3 Å². The molecule has 0 spiro atoms. The van der Waals surface area contributed by atoms with Crippen LogP contribution in [0.2, 0.25) is 0 Å². The van der Waals surface area contributed by atoms with Gasteiger partial charge in [0, 0.05) is 37.9 Å². The molecule has 0 aliphatic carbocycles. The Morgan fingerprint density at radius 3 is 2.88 bits per heavy atom. The van der Waals surface area contributed by atoms with Crippen molar-refractivity contribution in [3.05, 3.63) is 53.1 Å². The molecule has 0 amide bonds. The first-order valence-electron chi connectivity index (χ1n) is 8.82. The van der Waals surface area contributed by atoms with Crippen LogP contribution in [0, 0.1) is 19.8 Å². The molecule has 130 valence electrons. The molecule has 1 saturated heterocycles. The van der Waals surface area contributed by atoms with E-state index in [1.165, 1.54) is 16.7 Å². The van der Waals surface area contributed by atoms with Crippen LogP contribution in [0.25, 0.3) is 0 Å². The third-order valence-electron chi connectivity index (χ3n) is 5.08. The van der Waals surface area contributed by atoms with Gasteiger partial charge >= 0.3 is 0 Å². The van der Waals surface area contributed by atoms with E-state index in [0.29, 0.717) is 12.0 Å². The minimum absolute atomic E-state index is 0.359. The average molecular weight is 327 g/mol. The van der Waals surface area contributed by atoms with Crippen molar-refractivity contribution in [2.45, 2.75) is 39.9 Å². The zero-order valence-corrected chi connectivity index (χ0v) is 15.2. The zero-order chi connectivity index (χ0) is 17.1. The lowest BCUT2D eigenvalue weighted by molar-refractivity contribution is 0.254. The smallest absolute Gasteiger partial charge is 0.122 e. The summed E-state index contributed by atoms with van der Waals surface area (Å²) in [6, 6.07) is 7.15. The van der Waals surface area contributed by atoms with Crippen LogP contribution >= 0.6 is 0 Å². The summed E-state index contributed by atoms with van der Waals surface area (Å²) in [5.41, 5.74) is 10.9. The van der Waals surface area contributed by atoms with Gasteiger partial charge in [0.25, 0.3) is 0 Å². The van der Waals surface area contributed by atoms with Gasteiger partial charge in [-0.05, 0) is 44.5 Å². The fourth-order valence-electron chi connectivity index (χ4n) is 3.51. The van der Waals surface area contributed by atoms with Crippen molar-refractivity contribution in [2.75, 3.05) is 20.1 Å². The van der Waals surface area contributed by atoms with E-state index in [1.54, 1.807) is 0 Å². The van der Waals surface area contributed by atoms with Gasteiger partial charge in [-0.25, -0.2) is 10.4 Å². The lowest BCUT2D eigenvalue weighted by atomic mass is 9.92. The minimum Gasteiger partial charge on any atom is -0.334 e. The topological polar surface area (TPSA) is 45.1 Å². The number of nitrogens with one attached hydrogen (secondary N) is 2. The maximum atomic E-state index is 4.49. The van der Waals surface area contributed by atoms with Crippen LogP contribution in [0.3, 0.4) is 0 Å². The molecule has 2 aromatic rings. The van der Waals surface area contributed by atoms with E-state index in [1.807, 2.05) is 6.20 Å². The molecule has 1 fully saturated rings. The predicted octanol–water partition coefficient (Wildman–Crippen LogP) is 2.42. The van der Waals surface area contributed by atoms with Gasteiger partial charge in [-0.2, -0.15) is 0 Å². The van der Waals surface area contributed by atoms with Crippen molar-refractivity contribution >= 4 is 0 Å². The Morgan fingerprint density at radius 2 is 2.12 bits per heavy atom. The van der Waals surface area contributed by atoms with Crippen LogP contribution in [-0.4, -0.2) is 34.6 Å². The van der Waals surface area contributed by atoms with E-state index < -0.39 is 0 Å². The lowest BCUT2D eigenvalue weighted by Gasteiger charge is -2.25. The number of nitrogens with zero attached hydrogens (tertiary/aromatic N) is 3. The molecule has 24 heavy (non-hydrogen) atoms. The minimum atomic E-state index is 0.359. The molecule has 5 heteroatoms. The van der Waals surface area contributed by atoms with Gasteiger partial charge in [0.05, 0.1) is 12.6 Å². The fraction of sp³-hybridized carbons (Fsp3) is 0.526. The Morgan fingerprint density at radius 1 is 1.29 bits per heavy atom. The maximum absolute atomic E-state index is 4.49. The van der Waals surface area contributed by atoms with Crippen LogP contribution in [0.4, 0.5) is 0 Å². The molecule has 0 radical (unpaired) electrons. The molecule has 0 bridgehead atoms. The number of hydrogen-bond donors (Lipinski definition) is 2. The molecule has 0 saturated carbocycles. The largest absolute Gasteiger partial charge is 0.334 e. The van der Waals surface area contributed by atoms with Gasteiger partial charge in [0.15, 0.2) is 0 Å². The molecule has 1 aromatic carbocycles. The maximum Gasteiger partial charge on any atom is 0.122 e. The summed E-state index contributed by atoms with van der Waals surface area (Å²) in [6.45, 7) is 10.4. The van der Waals surface area contributed by atoms with Gasteiger partial charge in [-0.1, -0.05) is 18.2 Å². The van der Waals surface area contributed by atoms with Crippen LogP contribution < -0.4 is 10.9 Å². The van der Waals surface area contributed by atoms with Gasteiger partial charge in [-0.15, -0.1) is 0 Å². The van der Waals surface area contributed by atoms with E-state index in [0.717, 1.165) is 32.0 Å². The van der Waals surface area contributed by atoms with E-state index in [9.17, 15) is 0 Å². The normalized spacial score (nSPS) is 20.9. The summed E-state index contributed by atoms with van der Waals surface area (Å²) in [5.74, 6) is 1.68. The highest BCUT2D eigenvalue weighted by Gasteiger charge is 2.29. The Balaban J connectivity index is 1.66. The number of hydrazine groups is 1. The molecular weight excluding hydrogens is 298 g/mol. The number of aryl methyl sites for hydroxylation is 3. The first-order chi connectivity index (χ1) is 11.6. The number of hydrogen-bond acceptors (Lipinski definition) is 4. The number of imidazole rings is 1. The van der Waals surface area contributed by atoms with Gasteiger partial charge in [0.2, 0.25) is 0 Å². The summed E-state index contributed by atoms with van der Waals surface area (Å²) >= 11 is 0. The Bertz CT molecular complexity index is 678. The number of benzene rings is 1. The van der Waals surface area contributed by atoms with E-state index >= 15 is 0 Å². The van der Waals surface area contributed by atoms with Crippen LogP contribution in [0.5, 0.6) is 0 Å². The van der Waals surface area contributed by atoms with Gasteiger partial charge in [-0.3, -0.25) is 10.3 Å². The predicted molar refractivity (Wildman–Crippen MR) is 97.5 cm³/mol. The molecule has 1 aromatic heterocycles. The average Bonchev–Trinajstić information content (AvgIpc) is 3.19. The standard InChI is InChI=1S/C19H29N5/c1-5-24-9-8-20-18(24)13-23(4)12-17-11-21-22-19(17)16-7-6-14(2)15(3)10-16/h6-10,17,19,21-22H,5,11-13H2,1-4H3. The SMILES string of the molecule is CCn1ccnc1CN(C)CC1CNNC1c1ccc(C)c(C)c1. The monoisotopic (exact) mass is 327 g/mol. The van der Waals surface area contributed by atoms with Crippen LogP contribution in [0.1, 0.15) is 35.5 Å². The Hall–Kier alpha value is -1.69. The first kappa shape index (κ1) is 17.1. The van der Waals surface area contributed by atoms with Crippen molar-refractivity contribution in [1.29, 1.82) is 0 Å². The van der Waals surface area contributed by atoms with Crippen molar-refractivity contribution < 1.29 is 0 Å². The summed E-state index contributed by atoms with van der Waals surface area (Å²) in [5, 5.41) is 0. The summed E-state index contributed by atoms with van der Waals surface area (Å²) in [7, 11) is 2.18. The van der Waals surface area contributed by atoms with E-state index in [-0.39, 0.29) is 0 Å². The van der Waals surface area contributed by atoms with E-state index in [4.69, 9.17) is 0 Å². The molecule has 2 heterocycles.